The number of nitrogens with one attached hydrogen (secondary N) is 2. The molecule has 2 rings (SSSR count). The second-order valence-electron chi connectivity index (χ2n) is 5.85. The van der Waals surface area contributed by atoms with Crippen molar-refractivity contribution in [2.75, 3.05) is 0 Å². The Morgan fingerprint density at radius 1 is 1.07 bits per heavy atom. The van der Waals surface area contributed by atoms with Crippen molar-refractivity contribution < 1.29 is 19.5 Å². The molecule has 0 saturated carbocycles. The first-order valence-corrected chi connectivity index (χ1v) is 9.20. The molecule has 0 bridgehead atoms. The van der Waals surface area contributed by atoms with Crippen molar-refractivity contribution in [1.29, 1.82) is 0 Å². The summed E-state index contributed by atoms with van der Waals surface area (Å²) in [4.78, 5) is 35.9. The van der Waals surface area contributed by atoms with Crippen LogP contribution in [0.4, 0.5) is 0 Å². The summed E-state index contributed by atoms with van der Waals surface area (Å²) in [6.07, 6.45) is 4.79. The number of rotatable bonds is 7. The molecule has 2 aromatic carbocycles. The Balaban J connectivity index is 2.23. The van der Waals surface area contributed by atoms with Crippen molar-refractivity contribution in [3.63, 3.8) is 0 Å². The van der Waals surface area contributed by atoms with Crippen molar-refractivity contribution in [3.8, 4) is 0 Å². The highest BCUT2D eigenvalue weighted by molar-refractivity contribution is 9.10. The van der Waals surface area contributed by atoms with Crippen LogP contribution in [0.15, 0.2) is 76.9 Å². The number of hydrogen-bond donors (Lipinski definition) is 3. The van der Waals surface area contributed by atoms with Crippen molar-refractivity contribution in [3.05, 3.63) is 88.0 Å². The molecule has 2 amide bonds. The van der Waals surface area contributed by atoms with Crippen LogP contribution in [0.3, 0.4) is 0 Å². The van der Waals surface area contributed by atoms with Crippen LogP contribution in [0.5, 0.6) is 0 Å². The van der Waals surface area contributed by atoms with Crippen molar-refractivity contribution >= 4 is 39.8 Å². The maximum Gasteiger partial charge on any atom is 0.325 e. The quantitative estimate of drug-likeness (QED) is 0.452. The molecule has 0 heterocycles. The molecule has 0 radical (unpaired) electrons. The maximum absolute atomic E-state index is 12.5. The second-order valence-corrected chi connectivity index (χ2v) is 6.76. The van der Waals surface area contributed by atoms with E-state index in [4.69, 9.17) is 5.11 Å². The van der Waals surface area contributed by atoms with Gasteiger partial charge in [0.25, 0.3) is 11.8 Å². The molecule has 2 aromatic rings. The van der Waals surface area contributed by atoms with Gasteiger partial charge in [0.15, 0.2) is 0 Å². The molecule has 0 saturated heterocycles. The zero-order valence-corrected chi connectivity index (χ0v) is 16.6. The standard InChI is InChI=1S/C21H19BrN2O4/c1-14(21(27)28)23-20(26)18(12-5-9-15-7-3-2-4-8-15)24-19(25)16-10-6-11-17(22)13-16/h2-14H,1H3,(H,23,26)(H,24,25)(H,27,28). The third-order valence-electron chi connectivity index (χ3n) is 3.65. The van der Waals surface area contributed by atoms with Crippen LogP contribution in [0, 0.1) is 0 Å². The number of halogens is 1. The fourth-order valence-corrected chi connectivity index (χ4v) is 2.55. The number of benzene rings is 2. The molecule has 28 heavy (non-hydrogen) atoms. The molecule has 0 aliphatic carbocycles. The van der Waals surface area contributed by atoms with Crippen LogP contribution in [-0.4, -0.2) is 28.9 Å². The Morgan fingerprint density at radius 2 is 1.79 bits per heavy atom. The Kier molecular flexibility index (Phi) is 7.71. The van der Waals surface area contributed by atoms with E-state index in [1.165, 1.54) is 13.0 Å². The Hall–Kier alpha value is -3.19. The minimum Gasteiger partial charge on any atom is -0.480 e. The molecule has 0 aromatic heterocycles. The Morgan fingerprint density at radius 3 is 2.43 bits per heavy atom. The molecular formula is C21H19BrN2O4. The fraction of sp³-hybridized carbons (Fsp3) is 0.0952. The maximum atomic E-state index is 12.5. The van der Waals surface area contributed by atoms with Crippen molar-refractivity contribution in [2.24, 2.45) is 0 Å². The van der Waals surface area contributed by atoms with Crippen LogP contribution in [0.2, 0.25) is 0 Å². The van der Waals surface area contributed by atoms with Gasteiger partial charge < -0.3 is 15.7 Å². The number of carboxylic acids is 1. The third-order valence-corrected chi connectivity index (χ3v) is 4.14. The normalized spacial score (nSPS) is 12.4. The molecule has 0 aliphatic heterocycles. The molecule has 3 N–H and O–H groups in total. The highest BCUT2D eigenvalue weighted by Gasteiger charge is 2.19. The number of amides is 2. The summed E-state index contributed by atoms with van der Waals surface area (Å²) < 4.78 is 0.721. The Bertz CT molecular complexity index is 923. The number of carboxylic acid groups (broad SMARTS) is 1. The average molecular weight is 443 g/mol. The van der Waals surface area contributed by atoms with E-state index in [1.54, 1.807) is 36.4 Å². The number of aliphatic carboxylic acids is 1. The monoisotopic (exact) mass is 442 g/mol. The summed E-state index contributed by atoms with van der Waals surface area (Å²) >= 11 is 3.29. The highest BCUT2D eigenvalue weighted by atomic mass is 79.9. The van der Waals surface area contributed by atoms with E-state index in [-0.39, 0.29) is 5.70 Å². The number of hydrogen-bond acceptors (Lipinski definition) is 3. The number of carbonyl (C=O) groups excluding carboxylic acids is 2. The van der Waals surface area contributed by atoms with Crippen LogP contribution in [-0.2, 0) is 9.59 Å². The molecule has 0 fully saturated rings. The molecule has 0 aliphatic rings. The molecule has 0 spiro atoms. The Labute approximate surface area is 171 Å². The van der Waals surface area contributed by atoms with Gasteiger partial charge in [-0.15, -0.1) is 0 Å². The molecule has 144 valence electrons. The fourth-order valence-electron chi connectivity index (χ4n) is 2.15. The van der Waals surface area contributed by atoms with E-state index in [2.05, 4.69) is 26.6 Å². The van der Waals surface area contributed by atoms with Gasteiger partial charge in [0.1, 0.15) is 11.7 Å². The summed E-state index contributed by atoms with van der Waals surface area (Å²) in [6.45, 7) is 1.34. The molecule has 1 unspecified atom stereocenters. The SMILES string of the molecule is CC(NC(=O)C(=CC=Cc1ccccc1)NC(=O)c1cccc(Br)c1)C(=O)O. The lowest BCUT2D eigenvalue weighted by molar-refractivity contribution is -0.140. The van der Waals surface area contributed by atoms with Gasteiger partial charge in [-0.3, -0.25) is 14.4 Å². The minimum atomic E-state index is -1.18. The van der Waals surface area contributed by atoms with Gasteiger partial charge in [-0.25, -0.2) is 0 Å². The summed E-state index contributed by atoms with van der Waals surface area (Å²) in [6, 6.07) is 15.0. The molecule has 1 atom stereocenters. The predicted molar refractivity (Wildman–Crippen MR) is 110 cm³/mol. The topological polar surface area (TPSA) is 95.5 Å². The van der Waals surface area contributed by atoms with Gasteiger partial charge in [0, 0.05) is 10.0 Å². The summed E-state index contributed by atoms with van der Waals surface area (Å²) in [5.41, 5.74) is 1.20. The van der Waals surface area contributed by atoms with E-state index in [1.807, 2.05) is 30.3 Å². The van der Waals surface area contributed by atoms with E-state index in [0.29, 0.717) is 5.56 Å². The van der Waals surface area contributed by atoms with Gasteiger partial charge in [-0.2, -0.15) is 0 Å². The van der Waals surface area contributed by atoms with Gasteiger partial charge in [0.2, 0.25) is 0 Å². The first-order chi connectivity index (χ1) is 13.4. The van der Waals surface area contributed by atoms with E-state index < -0.39 is 23.8 Å². The lowest BCUT2D eigenvalue weighted by atomic mass is 10.2. The van der Waals surface area contributed by atoms with Gasteiger partial charge in [-0.1, -0.05) is 64.5 Å². The van der Waals surface area contributed by atoms with Crippen molar-refractivity contribution in [2.45, 2.75) is 13.0 Å². The van der Waals surface area contributed by atoms with E-state index >= 15 is 0 Å². The van der Waals surface area contributed by atoms with Gasteiger partial charge >= 0.3 is 5.97 Å². The zero-order valence-electron chi connectivity index (χ0n) is 15.1. The number of carbonyl (C=O) groups is 3. The minimum absolute atomic E-state index is 0.0646. The summed E-state index contributed by atoms with van der Waals surface area (Å²) in [5, 5.41) is 13.9. The largest absolute Gasteiger partial charge is 0.480 e. The third kappa shape index (κ3) is 6.51. The molecule has 6 nitrogen and oxygen atoms in total. The summed E-state index contributed by atoms with van der Waals surface area (Å²) in [5.74, 6) is -2.36. The molecule has 7 heteroatoms. The second kappa shape index (κ2) is 10.2. The van der Waals surface area contributed by atoms with E-state index in [0.717, 1.165) is 10.0 Å². The highest BCUT2D eigenvalue weighted by Crippen LogP contribution is 2.12. The van der Waals surface area contributed by atoms with Crippen LogP contribution in [0.25, 0.3) is 6.08 Å². The lowest BCUT2D eigenvalue weighted by Gasteiger charge is -2.13. The first kappa shape index (κ1) is 21.1. The van der Waals surface area contributed by atoms with Crippen molar-refractivity contribution in [1.82, 2.24) is 10.6 Å². The predicted octanol–water partition coefficient (Wildman–Crippen LogP) is 3.37. The zero-order chi connectivity index (χ0) is 20.5. The lowest BCUT2D eigenvalue weighted by Crippen LogP contribution is -2.42. The number of allylic oxidation sites excluding steroid dienone is 2. The van der Waals surface area contributed by atoms with Crippen LogP contribution in [0.1, 0.15) is 22.8 Å². The first-order valence-electron chi connectivity index (χ1n) is 8.41. The average Bonchev–Trinajstić information content (AvgIpc) is 2.67. The smallest absolute Gasteiger partial charge is 0.325 e. The summed E-state index contributed by atoms with van der Waals surface area (Å²) in [7, 11) is 0. The van der Waals surface area contributed by atoms with Crippen LogP contribution < -0.4 is 10.6 Å². The van der Waals surface area contributed by atoms with Gasteiger partial charge in [-0.05, 0) is 36.8 Å². The van der Waals surface area contributed by atoms with Gasteiger partial charge in [0.05, 0.1) is 0 Å². The van der Waals surface area contributed by atoms with Crippen LogP contribution >= 0.6 is 15.9 Å². The molecular weight excluding hydrogens is 424 g/mol. The van der Waals surface area contributed by atoms with E-state index in [9.17, 15) is 14.4 Å².